The normalized spacial score (nSPS) is 12.5. The lowest BCUT2D eigenvalue weighted by molar-refractivity contribution is 0.395. The van der Waals surface area contributed by atoms with Gasteiger partial charge in [0, 0.05) is 41.3 Å². The Labute approximate surface area is 691 Å². The molecule has 11 aromatic rings. The van der Waals surface area contributed by atoms with Gasteiger partial charge < -0.3 is 55.1 Å². The molecule has 116 heavy (non-hydrogen) atoms. The van der Waals surface area contributed by atoms with E-state index in [4.69, 9.17) is 40.8 Å². The molecule has 2 aliphatic rings. The molecule has 614 valence electrons. The molecule has 0 bridgehead atoms. The minimum atomic E-state index is -0.173. The topological polar surface area (TPSA) is 267 Å². The second-order valence-electron chi connectivity index (χ2n) is 34.5. The van der Waals surface area contributed by atoms with Crippen LogP contribution in [0, 0.1) is 53.4 Å². The van der Waals surface area contributed by atoms with E-state index in [0.717, 1.165) is 101 Å². The monoisotopic (exact) mass is 1590 g/mol. The van der Waals surface area contributed by atoms with Crippen LogP contribution in [0.2, 0.25) is 0 Å². The van der Waals surface area contributed by atoms with Crippen molar-refractivity contribution >= 4 is 11.6 Å². The number of ether oxygens (including phenoxy) is 3. The van der Waals surface area contributed by atoms with Crippen molar-refractivity contribution in [2.45, 2.75) is 218 Å². The lowest BCUT2D eigenvalue weighted by Gasteiger charge is -2.24. The van der Waals surface area contributed by atoms with E-state index in [-0.39, 0.29) is 56.6 Å². The summed E-state index contributed by atoms with van der Waals surface area (Å²) in [6.45, 7) is 40.4. The zero-order valence-corrected chi connectivity index (χ0v) is 72.7. The molecule has 0 unspecified atom stereocenters. The first-order chi connectivity index (χ1) is 54.6. The van der Waals surface area contributed by atoms with Gasteiger partial charge in [-0.25, -0.2) is 29.9 Å². The summed E-state index contributed by atoms with van der Waals surface area (Å²) in [4.78, 5) is 28.0. The molecule has 2 aliphatic carbocycles. The molecule has 0 aliphatic heterocycles. The summed E-state index contributed by atoms with van der Waals surface area (Å²) in [5, 5.41) is 81.6. The number of hydrogen-bond donors (Lipinski definition) is 8. The van der Waals surface area contributed by atoms with E-state index in [1.807, 2.05) is 52.0 Å². The third-order valence-corrected chi connectivity index (χ3v) is 21.8. The maximum absolute atomic E-state index is 10.7. The van der Waals surface area contributed by atoms with Crippen molar-refractivity contribution in [3.05, 3.63) is 216 Å². The number of phenolic OH excluding ortho intramolecular Hbond substituents is 8. The average molecular weight is 1590 g/mol. The standard InChI is InChI=1S/C28H27N3O4.C25H21N3O4.2C16H26O.C13H19ClO/c1-33-20-10-12-22(24(32)15-20)27-29-26(19-9-8-17-6-4-5-7-18(17)14-19)30-28(31-27)23-13-11-21(34-2)16-25(23)35-3;29-17-7-9-19(21(31)12-17)24-26-23(16-6-5-14-3-1-2-4-15(14)11-16)27-25(28-24)20-10-8-18(30)13-22(20)32;2*1-10(2)8-13-11(3)9-14(16(5,6)7)15(17)12(13)4;1-8-6-11(13(3,4)5)12(15)9(2)10(8)7-14/h8-16,32H,4-7H2,1-3H3;5-13,29-32H,1-4H2;2*9-10,17H,8H2,1-7H3;6,15H,7H2,1-5H3. The summed E-state index contributed by atoms with van der Waals surface area (Å²) in [6, 6.07) is 37.8. The Morgan fingerprint density at radius 3 is 0.983 bits per heavy atom. The number of aromatic hydroxyl groups is 8. The molecular formula is C98H119ClN6O11. The predicted octanol–water partition coefficient (Wildman–Crippen LogP) is 23.1. The lowest BCUT2D eigenvalue weighted by Crippen LogP contribution is -2.13. The van der Waals surface area contributed by atoms with Gasteiger partial charge >= 0.3 is 0 Å². The number of halogens is 1. The molecule has 0 fully saturated rings. The minimum Gasteiger partial charge on any atom is -0.508 e. The van der Waals surface area contributed by atoms with E-state index in [1.54, 1.807) is 45.6 Å². The SMILES string of the molecule is COc1ccc(-c2nc(-c3ccc4c(c3)CCCC4)nc(-c3ccc(OC)cc3OC)n2)c(O)c1.Cc1cc(C(C)(C)C)c(O)c(C)c1CC(C)C.Cc1cc(C(C)(C)C)c(O)c(C)c1CC(C)C.Cc1cc(C(C)(C)C)c(O)c(C)c1CCl.Oc1ccc(-c2nc(-c3ccc4c(c3)CCCC4)nc(-c3ccc(O)cc3O)n2)c(O)c1. The summed E-state index contributed by atoms with van der Waals surface area (Å²) in [6.07, 6.45) is 11.0. The van der Waals surface area contributed by atoms with Gasteiger partial charge in [0.15, 0.2) is 34.9 Å². The number of aromatic nitrogens is 6. The van der Waals surface area contributed by atoms with Crippen molar-refractivity contribution < 1.29 is 55.1 Å². The highest BCUT2D eigenvalue weighted by molar-refractivity contribution is 6.17. The van der Waals surface area contributed by atoms with Crippen LogP contribution in [0.5, 0.6) is 63.2 Å². The number of aryl methyl sites for hydroxylation is 7. The van der Waals surface area contributed by atoms with Crippen LogP contribution in [0.3, 0.4) is 0 Å². The van der Waals surface area contributed by atoms with E-state index in [9.17, 15) is 40.9 Å². The molecule has 0 saturated carbocycles. The van der Waals surface area contributed by atoms with E-state index in [1.165, 1.54) is 100 Å². The van der Waals surface area contributed by atoms with Crippen LogP contribution in [-0.4, -0.2) is 92.1 Å². The van der Waals surface area contributed by atoms with Gasteiger partial charge in [-0.15, -0.1) is 11.6 Å². The molecule has 17 nitrogen and oxygen atoms in total. The largest absolute Gasteiger partial charge is 0.508 e. The maximum atomic E-state index is 10.7. The molecule has 2 aromatic heterocycles. The molecule has 8 N–H and O–H groups in total. The highest BCUT2D eigenvalue weighted by atomic mass is 35.5. The fraction of sp³-hybridized carbons (Fsp3) is 0.388. The molecule has 13 rings (SSSR count). The van der Waals surface area contributed by atoms with Crippen molar-refractivity contribution in [1.82, 2.24) is 29.9 Å². The van der Waals surface area contributed by atoms with Gasteiger partial charge in [-0.1, -0.05) is 132 Å². The molecule has 9 aromatic carbocycles. The van der Waals surface area contributed by atoms with Crippen LogP contribution >= 0.6 is 11.6 Å². The quantitative estimate of drug-likeness (QED) is 0.0470. The minimum absolute atomic E-state index is 0.00400. The van der Waals surface area contributed by atoms with Gasteiger partial charge in [0.2, 0.25) is 0 Å². The van der Waals surface area contributed by atoms with Gasteiger partial charge in [0.25, 0.3) is 0 Å². The van der Waals surface area contributed by atoms with Crippen molar-refractivity contribution in [3.8, 4) is 132 Å². The molecule has 0 atom stereocenters. The molecular weight excluding hydrogens is 1470 g/mol. The maximum Gasteiger partial charge on any atom is 0.167 e. The Bertz CT molecular complexity index is 5190. The number of methoxy groups -OCH3 is 3. The van der Waals surface area contributed by atoms with Gasteiger partial charge in [-0.05, 0) is 284 Å². The van der Waals surface area contributed by atoms with Gasteiger partial charge in [-0.3, -0.25) is 0 Å². The number of hydrogen-bond acceptors (Lipinski definition) is 17. The zero-order chi connectivity index (χ0) is 85.2. The second kappa shape index (κ2) is 37.8. The molecule has 18 heteroatoms. The lowest BCUT2D eigenvalue weighted by atomic mass is 9.81. The molecule has 0 saturated heterocycles. The Balaban J connectivity index is 0.000000174. The fourth-order valence-electron chi connectivity index (χ4n) is 14.9. The molecule has 0 spiro atoms. The van der Waals surface area contributed by atoms with Crippen LogP contribution in [0.1, 0.15) is 205 Å². The highest BCUT2D eigenvalue weighted by Gasteiger charge is 2.28. The van der Waals surface area contributed by atoms with E-state index in [0.29, 0.717) is 97.8 Å². The first kappa shape index (κ1) is 89.0. The summed E-state index contributed by atoms with van der Waals surface area (Å²) in [7, 11) is 4.76. The fourth-order valence-corrected chi connectivity index (χ4v) is 15.3. The first-order valence-corrected chi connectivity index (χ1v) is 40.6. The van der Waals surface area contributed by atoms with Crippen molar-refractivity contribution in [1.29, 1.82) is 0 Å². The number of benzene rings is 9. The first-order valence-electron chi connectivity index (χ1n) is 40.1. The Morgan fingerprint density at radius 1 is 0.345 bits per heavy atom. The Morgan fingerprint density at radius 2 is 0.655 bits per heavy atom. The number of phenols is 8. The van der Waals surface area contributed by atoms with Gasteiger partial charge in [-0.2, -0.15) is 0 Å². The number of rotatable bonds is 14. The smallest absolute Gasteiger partial charge is 0.167 e. The third-order valence-electron chi connectivity index (χ3n) is 21.5. The molecule has 0 radical (unpaired) electrons. The summed E-state index contributed by atoms with van der Waals surface area (Å²) in [5.74, 6) is 6.52. The Hall–Kier alpha value is -10.9. The van der Waals surface area contributed by atoms with Crippen LogP contribution in [-0.2, 0) is 60.6 Å². The van der Waals surface area contributed by atoms with Crippen LogP contribution in [0.15, 0.2) is 127 Å². The van der Waals surface area contributed by atoms with E-state index >= 15 is 0 Å². The highest BCUT2D eigenvalue weighted by Crippen LogP contribution is 2.43. The summed E-state index contributed by atoms with van der Waals surface area (Å²) in [5.41, 5.74) is 22.4. The van der Waals surface area contributed by atoms with Gasteiger partial charge in [0.05, 0.1) is 43.6 Å². The number of alkyl halides is 1. The average Bonchev–Trinajstić information content (AvgIpc) is 0.802. The zero-order valence-electron chi connectivity index (χ0n) is 71.9. The van der Waals surface area contributed by atoms with E-state index in [2.05, 4.69) is 161 Å². The number of fused-ring (bicyclic) bond motifs is 2. The number of nitrogens with zero attached hydrogens (tertiary/aromatic N) is 6. The van der Waals surface area contributed by atoms with Crippen LogP contribution in [0.25, 0.3) is 68.3 Å². The van der Waals surface area contributed by atoms with Crippen LogP contribution in [0.4, 0.5) is 0 Å². The second-order valence-corrected chi connectivity index (χ2v) is 34.8. The van der Waals surface area contributed by atoms with Crippen molar-refractivity contribution in [2.75, 3.05) is 21.3 Å². The Kier molecular flexibility index (Phi) is 29.0. The van der Waals surface area contributed by atoms with Gasteiger partial charge in [0.1, 0.15) is 63.2 Å². The third kappa shape index (κ3) is 21.6. The molecule has 0 amide bonds. The predicted molar refractivity (Wildman–Crippen MR) is 469 cm³/mol. The summed E-state index contributed by atoms with van der Waals surface area (Å²) >= 11 is 5.86. The van der Waals surface area contributed by atoms with Crippen molar-refractivity contribution in [3.63, 3.8) is 0 Å². The van der Waals surface area contributed by atoms with Crippen molar-refractivity contribution in [2.24, 2.45) is 11.8 Å². The molecule has 2 heterocycles. The van der Waals surface area contributed by atoms with E-state index < -0.39 is 0 Å². The van der Waals surface area contributed by atoms with Crippen LogP contribution < -0.4 is 14.2 Å². The summed E-state index contributed by atoms with van der Waals surface area (Å²) < 4.78 is 16.2.